The maximum absolute atomic E-state index is 10.8. The van der Waals surface area contributed by atoms with Crippen LogP contribution in [0, 0.1) is 5.21 Å². The predicted molar refractivity (Wildman–Crippen MR) is 126 cm³/mol. The molecule has 0 aliphatic carbocycles. The van der Waals surface area contributed by atoms with E-state index in [1.807, 2.05) is 12.1 Å². The number of rotatable bonds is 11. The van der Waals surface area contributed by atoms with Crippen LogP contribution in [0.15, 0.2) is 42.6 Å². The summed E-state index contributed by atoms with van der Waals surface area (Å²) in [6, 6.07) is 10.2. The third-order valence-electron chi connectivity index (χ3n) is 4.82. The van der Waals surface area contributed by atoms with Gasteiger partial charge in [0.2, 0.25) is 11.7 Å². The van der Waals surface area contributed by atoms with Crippen molar-refractivity contribution < 1.29 is 19.4 Å². The van der Waals surface area contributed by atoms with E-state index >= 15 is 0 Å². The molecule has 0 spiro atoms. The monoisotopic (exact) mass is 455 g/mol. The molecular weight excluding hydrogens is 428 g/mol. The quantitative estimate of drug-likeness (QED) is 0.248. The van der Waals surface area contributed by atoms with E-state index < -0.39 is 0 Å². The lowest BCUT2D eigenvalue weighted by Gasteiger charge is -2.21. The Morgan fingerprint density at radius 2 is 1.76 bits per heavy atom. The first-order chi connectivity index (χ1) is 15.9. The third kappa shape index (κ3) is 6.28. The highest BCUT2D eigenvalue weighted by atomic mass is 16.8. The van der Waals surface area contributed by atoms with Crippen molar-refractivity contribution in [2.24, 2.45) is 0 Å². The molecule has 3 rings (SSSR count). The molecule has 0 amide bonds. The number of nitrogens with two attached hydrogens (primary N) is 2. The minimum atomic E-state index is -0.178. The molecule has 6 N–H and O–H groups in total. The number of nitrogens with one attached hydrogen (secondary N) is 1. The largest absolute Gasteiger partial charge is 0.733 e. The van der Waals surface area contributed by atoms with Crippen LogP contribution in [0.5, 0.6) is 17.2 Å². The zero-order chi connectivity index (χ0) is 23.8. The normalized spacial score (nSPS) is 10.5. The molecule has 3 aromatic rings. The number of anilines is 4. The van der Waals surface area contributed by atoms with E-state index in [9.17, 15) is 5.21 Å². The molecule has 0 unspecified atom stereocenters. The van der Waals surface area contributed by atoms with Gasteiger partial charge in [0.15, 0.2) is 11.5 Å². The van der Waals surface area contributed by atoms with Crippen molar-refractivity contribution in [3.8, 4) is 17.2 Å². The Hall–Kier alpha value is -3.96. The van der Waals surface area contributed by atoms with Crippen molar-refractivity contribution in [2.75, 3.05) is 49.4 Å². The lowest BCUT2D eigenvalue weighted by Crippen LogP contribution is -2.09. The first-order valence-electron chi connectivity index (χ1n) is 10.2. The second kappa shape index (κ2) is 11.1. The number of methoxy groups -OCH3 is 2. The van der Waals surface area contributed by atoms with Gasteiger partial charge >= 0.3 is 0 Å². The summed E-state index contributed by atoms with van der Waals surface area (Å²) in [7, 11) is 3.12. The number of aromatic nitrogens is 2. The summed E-state index contributed by atoms with van der Waals surface area (Å²) >= 11 is 0. The van der Waals surface area contributed by atoms with Crippen LogP contribution < -0.4 is 36.2 Å². The van der Waals surface area contributed by atoms with Gasteiger partial charge < -0.3 is 41.4 Å². The summed E-state index contributed by atoms with van der Waals surface area (Å²) < 4.78 is 17.0. The fourth-order valence-corrected chi connectivity index (χ4v) is 3.15. The first kappa shape index (κ1) is 23.7. The second-order valence-electron chi connectivity index (χ2n) is 7.09. The van der Waals surface area contributed by atoms with Crippen molar-refractivity contribution >= 4 is 23.1 Å². The van der Waals surface area contributed by atoms with E-state index in [1.54, 1.807) is 32.5 Å². The summed E-state index contributed by atoms with van der Waals surface area (Å²) in [4.78, 5) is 7.99. The van der Waals surface area contributed by atoms with Gasteiger partial charge in [-0.2, -0.15) is 4.98 Å². The number of hydrogen-bond acceptors (Lipinski definition) is 11. The van der Waals surface area contributed by atoms with Gasteiger partial charge in [0, 0.05) is 30.4 Å². The molecule has 0 atom stereocenters. The fraction of sp³-hybridized carbons (Fsp3) is 0.273. The molecule has 0 bridgehead atoms. The number of nitrogen functional groups attached to an aromatic ring is 2. The van der Waals surface area contributed by atoms with E-state index in [0.29, 0.717) is 49.1 Å². The Morgan fingerprint density at radius 1 is 1.09 bits per heavy atom. The maximum Gasteiger partial charge on any atom is 0.221 e. The molecule has 0 saturated carbocycles. The molecule has 0 aliphatic rings. The molecule has 33 heavy (non-hydrogen) atoms. The Labute approximate surface area is 191 Å². The van der Waals surface area contributed by atoms with Crippen LogP contribution in [0.4, 0.5) is 23.1 Å². The number of hydrogen-bond donors (Lipinski definition) is 4. The molecule has 1 aromatic heterocycles. The number of nitrogens with zero attached hydrogens (tertiary/aromatic N) is 3. The summed E-state index contributed by atoms with van der Waals surface area (Å²) in [5, 5.41) is 22.8. The molecule has 176 valence electrons. The van der Waals surface area contributed by atoms with Crippen LogP contribution >= 0.6 is 0 Å². The molecule has 1 heterocycles. The minimum absolute atomic E-state index is 0.126. The molecule has 0 saturated heterocycles. The van der Waals surface area contributed by atoms with E-state index in [0.717, 1.165) is 16.8 Å². The molecular formula is C22H27N6O5-. The van der Waals surface area contributed by atoms with Gasteiger partial charge in [-0.3, -0.25) is 5.21 Å². The highest BCUT2D eigenvalue weighted by molar-refractivity contribution is 5.56. The molecule has 2 aromatic carbocycles. The summed E-state index contributed by atoms with van der Waals surface area (Å²) in [6.45, 7) is 1.06. The van der Waals surface area contributed by atoms with E-state index in [1.165, 1.54) is 12.1 Å². The molecule has 11 nitrogen and oxygen atoms in total. The van der Waals surface area contributed by atoms with Crippen LogP contribution in [0.1, 0.15) is 17.5 Å². The highest BCUT2D eigenvalue weighted by Gasteiger charge is 2.15. The molecule has 11 heteroatoms. The van der Waals surface area contributed by atoms with Gasteiger partial charge in [0.1, 0.15) is 5.82 Å². The molecule has 0 aliphatic heterocycles. The fourth-order valence-electron chi connectivity index (χ4n) is 3.15. The second-order valence-corrected chi connectivity index (χ2v) is 7.09. The average molecular weight is 455 g/mol. The smallest absolute Gasteiger partial charge is 0.221 e. The van der Waals surface area contributed by atoms with Gasteiger partial charge in [0.05, 0.1) is 26.5 Å². The van der Waals surface area contributed by atoms with E-state index in [2.05, 4.69) is 15.3 Å². The van der Waals surface area contributed by atoms with Crippen LogP contribution in [0.25, 0.3) is 0 Å². The highest BCUT2D eigenvalue weighted by Crippen LogP contribution is 2.39. The van der Waals surface area contributed by atoms with E-state index in [-0.39, 0.29) is 16.9 Å². The summed E-state index contributed by atoms with van der Waals surface area (Å²) in [5.74, 6) is 2.03. The molecule has 0 radical (unpaired) electrons. The SMILES string of the molecule is COc1cc(Cc2cnc(N)nc2N)cc(OC)c1OCCCNc1ccc(N([O-])O)cc1. The number of ether oxygens (including phenoxy) is 3. The Morgan fingerprint density at radius 3 is 2.33 bits per heavy atom. The van der Waals surface area contributed by atoms with Crippen LogP contribution in [-0.2, 0) is 6.42 Å². The lowest BCUT2D eigenvalue weighted by atomic mass is 10.1. The van der Waals surface area contributed by atoms with Crippen molar-refractivity contribution in [3.63, 3.8) is 0 Å². The van der Waals surface area contributed by atoms with Gasteiger partial charge in [-0.15, -0.1) is 0 Å². The topological polar surface area (TPSA) is 164 Å². The van der Waals surface area contributed by atoms with Gasteiger partial charge in [-0.05, 0) is 48.4 Å². The van der Waals surface area contributed by atoms with Crippen molar-refractivity contribution in [1.29, 1.82) is 0 Å². The first-order valence-corrected chi connectivity index (χ1v) is 10.2. The van der Waals surface area contributed by atoms with Crippen LogP contribution in [0.3, 0.4) is 0 Å². The standard InChI is InChI=1S/C22H27N6O5/c1-31-18-11-14(10-15-13-26-22(24)27-21(15)23)12-19(32-2)20(18)33-9-3-8-25-16-4-6-17(7-5-16)28(29)30/h4-7,11-13,25,29H,3,8-10H2,1-2H3,(H4,23,24,26,27)/q-1. The third-order valence-corrected chi connectivity index (χ3v) is 4.82. The predicted octanol–water partition coefficient (Wildman–Crippen LogP) is 2.82. The van der Waals surface area contributed by atoms with Crippen LogP contribution in [-0.4, -0.2) is 42.5 Å². The zero-order valence-corrected chi connectivity index (χ0v) is 18.4. The maximum atomic E-state index is 10.8. The number of benzene rings is 2. The van der Waals surface area contributed by atoms with E-state index in [4.69, 9.17) is 30.9 Å². The molecule has 0 fully saturated rings. The van der Waals surface area contributed by atoms with Gasteiger partial charge in [-0.25, -0.2) is 4.98 Å². The van der Waals surface area contributed by atoms with Gasteiger partial charge in [-0.1, -0.05) is 0 Å². The van der Waals surface area contributed by atoms with Crippen molar-refractivity contribution in [2.45, 2.75) is 12.8 Å². The van der Waals surface area contributed by atoms with Crippen molar-refractivity contribution in [1.82, 2.24) is 9.97 Å². The van der Waals surface area contributed by atoms with Crippen LogP contribution in [0.2, 0.25) is 0 Å². The Bertz CT molecular complexity index is 1040. The lowest BCUT2D eigenvalue weighted by molar-refractivity contribution is 0.273. The summed E-state index contributed by atoms with van der Waals surface area (Å²) in [5.41, 5.74) is 14.1. The van der Waals surface area contributed by atoms with Gasteiger partial charge in [0.25, 0.3) is 0 Å². The summed E-state index contributed by atoms with van der Waals surface area (Å²) in [6.07, 6.45) is 2.77. The van der Waals surface area contributed by atoms with Crippen molar-refractivity contribution in [3.05, 3.63) is 58.9 Å². The Kier molecular flexibility index (Phi) is 7.95. The average Bonchev–Trinajstić information content (AvgIpc) is 2.81. The zero-order valence-electron chi connectivity index (χ0n) is 18.4. The minimum Gasteiger partial charge on any atom is -0.733 e. The Balaban J connectivity index is 1.60.